The van der Waals surface area contributed by atoms with Crippen LogP contribution in [0.3, 0.4) is 0 Å². The van der Waals surface area contributed by atoms with Crippen LogP contribution in [0.5, 0.6) is 0 Å². The van der Waals surface area contributed by atoms with Gasteiger partial charge in [-0.25, -0.2) is 0 Å². The molecule has 1 aliphatic carbocycles. The lowest BCUT2D eigenvalue weighted by molar-refractivity contribution is -0.141. The van der Waals surface area contributed by atoms with E-state index < -0.39 is 0 Å². The normalized spacial score (nSPS) is 29.3. The summed E-state index contributed by atoms with van der Waals surface area (Å²) < 4.78 is 5.28. The first-order valence-corrected chi connectivity index (χ1v) is 5.12. The van der Waals surface area contributed by atoms with Crippen LogP contribution in [0, 0.1) is 0 Å². The third-order valence-corrected chi connectivity index (χ3v) is 3.27. The Morgan fingerprint density at radius 3 is 3.07 bits per heavy atom. The van der Waals surface area contributed by atoms with Crippen molar-refractivity contribution in [2.45, 2.75) is 31.3 Å². The molecule has 1 fully saturated rings. The van der Waals surface area contributed by atoms with Gasteiger partial charge in [0.05, 0.1) is 6.42 Å². The smallest absolute Gasteiger partial charge is 0.306 e. The highest BCUT2D eigenvalue weighted by molar-refractivity contribution is 5.74. The SMILES string of the molecule is O=C1C[C@H]2c3ccccc3CC[C@H]2O1. The van der Waals surface area contributed by atoms with E-state index in [2.05, 4.69) is 18.2 Å². The van der Waals surface area contributed by atoms with Crippen molar-refractivity contribution in [2.24, 2.45) is 0 Å². The molecule has 0 N–H and O–H groups in total. The van der Waals surface area contributed by atoms with Crippen molar-refractivity contribution in [3.8, 4) is 0 Å². The first-order valence-electron chi connectivity index (χ1n) is 5.12. The van der Waals surface area contributed by atoms with Crippen molar-refractivity contribution in [3.63, 3.8) is 0 Å². The van der Waals surface area contributed by atoms with E-state index in [1.807, 2.05) is 6.07 Å². The predicted molar refractivity (Wildman–Crippen MR) is 52.0 cm³/mol. The van der Waals surface area contributed by atoms with E-state index in [1.165, 1.54) is 11.1 Å². The fourth-order valence-electron chi connectivity index (χ4n) is 2.60. The van der Waals surface area contributed by atoms with E-state index in [9.17, 15) is 4.79 Å². The second-order valence-corrected chi connectivity index (χ2v) is 4.08. The van der Waals surface area contributed by atoms with Crippen molar-refractivity contribution in [1.29, 1.82) is 0 Å². The molecule has 14 heavy (non-hydrogen) atoms. The Labute approximate surface area is 82.9 Å². The summed E-state index contributed by atoms with van der Waals surface area (Å²) >= 11 is 0. The molecule has 0 radical (unpaired) electrons. The number of benzene rings is 1. The second-order valence-electron chi connectivity index (χ2n) is 4.08. The Hall–Kier alpha value is -1.31. The van der Waals surface area contributed by atoms with Crippen LogP contribution in [0.2, 0.25) is 0 Å². The highest BCUT2D eigenvalue weighted by Gasteiger charge is 2.39. The molecule has 1 aromatic rings. The molecule has 2 nitrogen and oxygen atoms in total. The number of carbonyl (C=O) groups excluding carboxylic acids is 1. The Balaban J connectivity index is 2.05. The zero-order chi connectivity index (χ0) is 9.54. The predicted octanol–water partition coefficient (Wildman–Crippen LogP) is 2.03. The van der Waals surface area contributed by atoms with Gasteiger partial charge in [0.15, 0.2) is 0 Å². The van der Waals surface area contributed by atoms with E-state index in [0.717, 1.165) is 12.8 Å². The molecular weight excluding hydrogens is 176 g/mol. The monoisotopic (exact) mass is 188 g/mol. The highest BCUT2D eigenvalue weighted by Crippen LogP contribution is 2.40. The number of hydrogen-bond donors (Lipinski definition) is 0. The topological polar surface area (TPSA) is 26.3 Å². The van der Waals surface area contributed by atoms with Crippen LogP contribution in [0.1, 0.15) is 29.9 Å². The quantitative estimate of drug-likeness (QED) is 0.582. The van der Waals surface area contributed by atoms with Gasteiger partial charge in [0, 0.05) is 5.92 Å². The molecule has 0 bridgehead atoms. The summed E-state index contributed by atoms with van der Waals surface area (Å²) in [5.74, 6) is 0.296. The van der Waals surface area contributed by atoms with E-state index in [1.54, 1.807) is 0 Å². The van der Waals surface area contributed by atoms with Crippen LogP contribution in [-0.4, -0.2) is 12.1 Å². The van der Waals surface area contributed by atoms with Gasteiger partial charge >= 0.3 is 5.97 Å². The zero-order valence-electron chi connectivity index (χ0n) is 7.90. The molecule has 3 rings (SSSR count). The molecule has 72 valence electrons. The van der Waals surface area contributed by atoms with E-state index in [0.29, 0.717) is 12.3 Å². The number of esters is 1. The summed E-state index contributed by atoms with van der Waals surface area (Å²) in [4.78, 5) is 11.2. The van der Waals surface area contributed by atoms with Crippen LogP contribution >= 0.6 is 0 Å². The molecule has 0 aromatic heterocycles. The first kappa shape index (κ1) is 8.04. The summed E-state index contributed by atoms with van der Waals surface area (Å²) in [6.45, 7) is 0. The summed E-state index contributed by atoms with van der Waals surface area (Å²) in [7, 11) is 0. The third-order valence-electron chi connectivity index (χ3n) is 3.27. The molecule has 2 atom stereocenters. The maximum Gasteiger partial charge on any atom is 0.306 e. The van der Waals surface area contributed by atoms with Gasteiger partial charge in [-0.15, -0.1) is 0 Å². The lowest BCUT2D eigenvalue weighted by atomic mass is 9.80. The second kappa shape index (κ2) is 2.84. The van der Waals surface area contributed by atoms with Crippen LogP contribution in [0.25, 0.3) is 0 Å². The van der Waals surface area contributed by atoms with Crippen LogP contribution in [0.15, 0.2) is 24.3 Å². The van der Waals surface area contributed by atoms with Crippen LogP contribution < -0.4 is 0 Å². The molecule has 1 aromatic carbocycles. The van der Waals surface area contributed by atoms with Gasteiger partial charge in [0.25, 0.3) is 0 Å². The zero-order valence-corrected chi connectivity index (χ0v) is 7.90. The minimum atomic E-state index is -0.0308. The number of carbonyl (C=O) groups is 1. The maximum absolute atomic E-state index is 11.2. The maximum atomic E-state index is 11.2. The molecule has 0 spiro atoms. The molecule has 0 unspecified atom stereocenters. The fourth-order valence-corrected chi connectivity index (χ4v) is 2.60. The van der Waals surface area contributed by atoms with Gasteiger partial charge in [-0.05, 0) is 24.0 Å². The number of fused-ring (bicyclic) bond motifs is 3. The summed E-state index contributed by atoms with van der Waals surface area (Å²) in [6.07, 6.45) is 2.76. The largest absolute Gasteiger partial charge is 0.462 e. The van der Waals surface area contributed by atoms with Crippen molar-refractivity contribution < 1.29 is 9.53 Å². The standard InChI is InChI=1S/C12H12O2/c13-12-7-10-9-4-2-1-3-8(9)5-6-11(10)14-12/h1-4,10-11H,5-7H2/t10-,11+/m0/s1. The van der Waals surface area contributed by atoms with Gasteiger partial charge < -0.3 is 4.74 Å². The molecule has 2 heteroatoms. The number of aryl methyl sites for hydroxylation is 1. The lowest BCUT2D eigenvalue weighted by Crippen LogP contribution is -2.21. The van der Waals surface area contributed by atoms with Gasteiger partial charge in [-0.1, -0.05) is 24.3 Å². The molecule has 1 heterocycles. The Bertz CT molecular complexity index is 384. The molecule has 2 aliphatic rings. The number of rotatable bonds is 0. The van der Waals surface area contributed by atoms with E-state index in [4.69, 9.17) is 4.74 Å². The van der Waals surface area contributed by atoms with E-state index >= 15 is 0 Å². The van der Waals surface area contributed by atoms with Gasteiger partial charge in [0.2, 0.25) is 0 Å². The summed E-state index contributed by atoms with van der Waals surface area (Å²) in [6, 6.07) is 8.41. The van der Waals surface area contributed by atoms with Gasteiger partial charge in [0.1, 0.15) is 6.10 Å². The molecule has 1 saturated heterocycles. The van der Waals surface area contributed by atoms with Gasteiger partial charge in [-0.3, -0.25) is 4.79 Å². The number of hydrogen-bond acceptors (Lipinski definition) is 2. The average molecular weight is 188 g/mol. The third kappa shape index (κ3) is 1.07. The lowest BCUT2D eigenvalue weighted by Gasteiger charge is -2.25. The Kier molecular flexibility index (Phi) is 1.63. The average Bonchev–Trinajstić information content (AvgIpc) is 2.59. The Morgan fingerprint density at radius 1 is 1.29 bits per heavy atom. The van der Waals surface area contributed by atoms with Crippen molar-refractivity contribution >= 4 is 5.97 Å². The fraction of sp³-hybridized carbons (Fsp3) is 0.417. The van der Waals surface area contributed by atoms with Crippen LogP contribution in [0.4, 0.5) is 0 Å². The van der Waals surface area contributed by atoms with Crippen molar-refractivity contribution in [2.75, 3.05) is 0 Å². The molecule has 0 saturated carbocycles. The van der Waals surface area contributed by atoms with Crippen molar-refractivity contribution in [1.82, 2.24) is 0 Å². The van der Waals surface area contributed by atoms with Gasteiger partial charge in [-0.2, -0.15) is 0 Å². The van der Waals surface area contributed by atoms with Crippen LogP contribution in [-0.2, 0) is 16.0 Å². The minimum absolute atomic E-state index is 0.0308. The first-order chi connectivity index (χ1) is 6.84. The highest BCUT2D eigenvalue weighted by atomic mass is 16.5. The molecule has 0 amide bonds. The summed E-state index contributed by atoms with van der Waals surface area (Å²) in [5.41, 5.74) is 2.72. The van der Waals surface area contributed by atoms with E-state index in [-0.39, 0.29) is 12.1 Å². The minimum Gasteiger partial charge on any atom is -0.462 e. The molecular formula is C12H12O2. The van der Waals surface area contributed by atoms with Crippen molar-refractivity contribution in [3.05, 3.63) is 35.4 Å². The molecule has 1 aliphatic heterocycles. The Morgan fingerprint density at radius 2 is 2.14 bits per heavy atom. The summed E-state index contributed by atoms with van der Waals surface area (Å²) in [5, 5.41) is 0. The number of ether oxygens (including phenoxy) is 1.